The zero-order chi connectivity index (χ0) is 28.7. The fraction of sp³-hybridized carbons (Fsp3) is 0.143. The van der Waals surface area contributed by atoms with E-state index in [9.17, 15) is 29.3 Å². The molecule has 2 N–H and O–H groups in total. The summed E-state index contributed by atoms with van der Waals surface area (Å²) in [6, 6.07) is 21.1. The number of non-ortho nitro benzene ring substituents is 1. The van der Waals surface area contributed by atoms with E-state index in [0.717, 1.165) is 28.0 Å². The third-order valence-electron chi connectivity index (χ3n) is 6.79. The van der Waals surface area contributed by atoms with Gasteiger partial charge in [0.25, 0.3) is 11.6 Å². The summed E-state index contributed by atoms with van der Waals surface area (Å²) in [6.45, 7) is -0.251. The molecule has 2 aliphatic heterocycles. The Morgan fingerprint density at radius 3 is 2.49 bits per heavy atom. The molecule has 11 nitrogen and oxygen atoms in total. The number of hydrogen-bond acceptors (Lipinski definition) is 9. The summed E-state index contributed by atoms with van der Waals surface area (Å²) < 4.78 is 5.74. The fourth-order valence-corrected chi connectivity index (χ4v) is 7.53. The summed E-state index contributed by atoms with van der Waals surface area (Å²) in [6.07, 6.45) is 0. The lowest BCUT2D eigenvalue weighted by Crippen LogP contribution is -2.32. The first-order chi connectivity index (χ1) is 19.8. The maximum atomic E-state index is 13.8. The molecule has 3 heterocycles. The van der Waals surface area contributed by atoms with Crippen molar-refractivity contribution in [1.82, 2.24) is 4.98 Å². The molecule has 0 saturated carbocycles. The van der Waals surface area contributed by atoms with Crippen LogP contribution in [-0.2, 0) is 14.4 Å². The average molecular weight is 589 g/mol. The molecule has 0 radical (unpaired) electrons. The van der Waals surface area contributed by atoms with Crippen LogP contribution in [0.5, 0.6) is 5.75 Å². The number of H-pyrrole nitrogens is 1. The Labute approximate surface area is 240 Å². The lowest BCUT2D eigenvalue weighted by atomic mass is 9.83. The second-order valence-electron chi connectivity index (χ2n) is 9.31. The Morgan fingerprint density at radius 1 is 1.00 bits per heavy atom. The average Bonchev–Trinajstić information content (AvgIpc) is 3.46. The summed E-state index contributed by atoms with van der Waals surface area (Å²) in [5.74, 6) is -2.37. The van der Waals surface area contributed by atoms with Gasteiger partial charge < -0.3 is 15.0 Å². The molecule has 0 unspecified atom stereocenters. The van der Waals surface area contributed by atoms with Crippen LogP contribution in [0, 0.1) is 16.0 Å². The number of nitrogens with one attached hydrogen (secondary N) is 2. The van der Waals surface area contributed by atoms with Crippen LogP contribution in [0.25, 0.3) is 0 Å². The molecular formula is C28H20N4O7S2. The Hall–Kier alpha value is -4.75. The van der Waals surface area contributed by atoms with Gasteiger partial charge in [-0.25, -0.2) is 4.90 Å². The van der Waals surface area contributed by atoms with Gasteiger partial charge in [0.1, 0.15) is 11.0 Å². The number of aromatic nitrogens is 1. The standard InChI is InChI=1S/C28H20N4O7S2/c33-20(29-16-6-2-1-3-7-16)14-39-19-8-4-5-15(13-19)21-22-24(40-25-23(21)41-28(36)30-25)27(35)31(26(22)34)17-9-11-18(12-10-17)32(37)38/h1-13,21-22,24H,14H2,(H,29,33)(H,30,36)/t21-,22-,24+/m0/s1. The quantitative estimate of drug-likeness (QED) is 0.186. The van der Waals surface area contributed by atoms with Gasteiger partial charge >= 0.3 is 4.87 Å². The number of amides is 3. The molecule has 6 rings (SSSR count). The van der Waals surface area contributed by atoms with Gasteiger partial charge in [-0.1, -0.05) is 53.4 Å². The van der Waals surface area contributed by atoms with E-state index in [1.54, 1.807) is 48.5 Å². The number of aromatic amines is 1. The van der Waals surface area contributed by atoms with E-state index in [4.69, 9.17) is 4.74 Å². The topological polar surface area (TPSA) is 152 Å². The molecule has 4 aromatic rings. The number of anilines is 2. The third-order valence-corrected chi connectivity index (χ3v) is 9.19. The highest BCUT2D eigenvalue weighted by molar-refractivity contribution is 8.00. The number of carbonyl (C=O) groups excluding carboxylic acids is 3. The number of para-hydroxylation sites is 1. The number of nitrogens with zero attached hydrogens (tertiary/aromatic N) is 2. The first kappa shape index (κ1) is 26.5. The van der Waals surface area contributed by atoms with Crippen molar-refractivity contribution in [2.24, 2.45) is 5.92 Å². The number of nitro benzene ring substituents is 1. The number of nitro groups is 1. The number of imide groups is 1. The van der Waals surface area contributed by atoms with Crippen LogP contribution in [0.2, 0.25) is 0 Å². The van der Waals surface area contributed by atoms with Crippen LogP contribution in [-0.4, -0.2) is 39.5 Å². The molecular weight excluding hydrogens is 568 g/mol. The predicted molar refractivity (Wildman–Crippen MR) is 153 cm³/mol. The first-order valence-electron chi connectivity index (χ1n) is 12.4. The van der Waals surface area contributed by atoms with E-state index < -0.39 is 33.8 Å². The Bertz CT molecular complexity index is 1740. The van der Waals surface area contributed by atoms with Crippen molar-refractivity contribution >= 4 is 57.9 Å². The SMILES string of the molecule is O=C(COc1cccc([C@@H]2c3sc(=O)[nH]c3S[C@H]3C(=O)N(c4ccc([N+](=O)[O-])cc4)C(=O)[C@@H]23)c1)Nc1ccccc1. The molecule has 41 heavy (non-hydrogen) atoms. The van der Waals surface area contributed by atoms with Crippen LogP contribution >= 0.6 is 23.1 Å². The number of thioether (sulfide) groups is 1. The van der Waals surface area contributed by atoms with Gasteiger partial charge in [-0.3, -0.25) is 29.3 Å². The minimum Gasteiger partial charge on any atom is -0.484 e. The molecule has 13 heteroatoms. The Kier molecular flexibility index (Phi) is 6.89. The van der Waals surface area contributed by atoms with Gasteiger partial charge in [0.05, 0.1) is 21.6 Å². The smallest absolute Gasteiger partial charge is 0.305 e. The molecule has 3 atom stereocenters. The minimum atomic E-state index is -0.835. The van der Waals surface area contributed by atoms with E-state index in [1.807, 2.05) is 6.07 Å². The van der Waals surface area contributed by atoms with Gasteiger partial charge in [0, 0.05) is 28.6 Å². The van der Waals surface area contributed by atoms with Crippen LogP contribution in [0.15, 0.2) is 88.7 Å². The van der Waals surface area contributed by atoms with Gasteiger partial charge in [0.2, 0.25) is 11.8 Å². The van der Waals surface area contributed by atoms with Crippen molar-refractivity contribution in [3.8, 4) is 5.75 Å². The molecule has 3 amide bonds. The first-order valence-corrected chi connectivity index (χ1v) is 14.1. The Balaban J connectivity index is 1.29. The maximum absolute atomic E-state index is 13.8. The van der Waals surface area contributed by atoms with E-state index in [1.165, 1.54) is 24.3 Å². The summed E-state index contributed by atoms with van der Waals surface area (Å²) in [4.78, 5) is 66.8. The van der Waals surface area contributed by atoms with Crippen molar-refractivity contribution in [3.63, 3.8) is 0 Å². The molecule has 0 aliphatic carbocycles. The van der Waals surface area contributed by atoms with Crippen molar-refractivity contribution in [2.45, 2.75) is 16.2 Å². The molecule has 206 valence electrons. The highest BCUT2D eigenvalue weighted by Crippen LogP contribution is 2.53. The second kappa shape index (κ2) is 10.7. The molecule has 3 aromatic carbocycles. The largest absolute Gasteiger partial charge is 0.484 e. The van der Waals surface area contributed by atoms with E-state index in [0.29, 0.717) is 26.9 Å². The molecule has 0 spiro atoms. The lowest BCUT2D eigenvalue weighted by molar-refractivity contribution is -0.384. The number of fused-ring (bicyclic) bond motifs is 2. The number of rotatable bonds is 7. The highest BCUT2D eigenvalue weighted by Gasteiger charge is 2.56. The molecule has 1 aromatic heterocycles. The van der Waals surface area contributed by atoms with Crippen molar-refractivity contribution in [2.75, 3.05) is 16.8 Å². The van der Waals surface area contributed by atoms with Crippen molar-refractivity contribution in [1.29, 1.82) is 0 Å². The third kappa shape index (κ3) is 5.00. The zero-order valence-electron chi connectivity index (χ0n) is 21.0. The maximum Gasteiger partial charge on any atom is 0.305 e. The molecule has 1 saturated heterocycles. The number of hydrogen-bond donors (Lipinski definition) is 2. The number of ether oxygens (including phenoxy) is 1. The van der Waals surface area contributed by atoms with Crippen molar-refractivity contribution in [3.05, 3.63) is 109 Å². The summed E-state index contributed by atoms with van der Waals surface area (Å²) in [7, 11) is 0. The fourth-order valence-electron chi connectivity index (χ4n) is 5.02. The van der Waals surface area contributed by atoms with Crippen LogP contribution < -0.4 is 19.8 Å². The highest BCUT2D eigenvalue weighted by atomic mass is 32.2. The van der Waals surface area contributed by atoms with Gasteiger partial charge in [-0.05, 0) is 42.0 Å². The predicted octanol–water partition coefficient (Wildman–Crippen LogP) is 4.16. The number of thiazole rings is 1. The summed E-state index contributed by atoms with van der Waals surface area (Å²) in [5.41, 5.74) is 1.35. The second-order valence-corrected chi connectivity index (χ2v) is 11.5. The number of carbonyl (C=O) groups is 3. The van der Waals surface area contributed by atoms with Crippen molar-refractivity contribution < 1.29 is 24.0 Å². The number of benzene rings is 3. The molecule has 2 aliphatic rings. The van der Waals surface area contributed by atoms with Crippen LogP contribution in [0.3, 0.4) is 0 Å². The zero-order valence-corrected chi connectivity index (χ0v) is 22.6. The van der Waals surface area contributed by atoms with Crippen LogP contribution in [0.4, 0.5) is 17.1 Å². The molecule has 1 fully saturated rings. The van der Waals surface area contributed by atoms with Gasteiger partial charge in [0.15, 0.2) is 6.61 Å². The minimum absolute atomic E-state index is 0.161. The Morgan fingerprint density at radius 2 is 1.76 bits per heavy atom. The summed E-state index contributed by atoms with van der Waals surface area (Å²) in [5, 5.41) is 13.5. The van der Waals surface area contributed by atoms with E-state index in [-0.39, 0.29) is 28.8 Å². The van der Waals surface area contributed by atoms with E-state index >= 15 is 0 Å². The lowest BCUT2D eigenvalue weighted by Gasteiger charge is -2.30. The van der Waals surface area contributed by atoms with Gasteiger partial charge in [-0.15, -0.1) is 0 Å². The normalized spacial score (nSPS) is 19.4. The monoisotopic (exact) mass is 588 g/mol. The van der Waals surface area contributed by atoms with E-state index in [2.05, 4.69) is 10.3 Å². The van der Waals surface area contributed by atoms with Gasteiger partial charge in [-0.2, -0.15) is 0 Å². The molecule has 0 bridgehead atoms. The summed E-state index contributed by atoms with van der Waals surface area (Å²) >= 11 is 2.11. The van der Waals surface area contributed by atoms with Crippen LogP contribution in [0.1, 0.15) is 16.4 Å².